The lowest BCUT2D eigenvalue weighted by Gasteiger charge is -2.12. The fraction of sp³-hybridized carbons (Fsp3) is 0.700. The van der Waals surface area contributed by atoms with Crippen LogP contribution < -0.4 is 5.32 Å². The molecule has 1 aliphatic rings. The molecule has 3 nitrogen and oxygen atoms in total. The molecule has 0 aliphatic heterocycles. The van der Waals surface area contributed by atoms with Gasteiger partial charge in [0.25, 0.3) is 0 Å². The van der Waals surface area contributed by atoms with Gasteiger partial charge in [-0.25, -0.2) is 0 Å². The molecule has 0 unspecified atom stereocenters. The van der Waals surface area contributed by atoms with Crippen LogP contribution in [0.15, 0.2) is 12.2 Å². The molecule has 3 heteroatoms. The lowest BCUT2D eigenvalue weighted by molar-refractivity contribution is -0.146. The molecule has 0 amide bonds. The monoisotopic (exact) mass is 183 g/mol. The van der Waals surface area contributed by atoms with Crippen LogP contribution in [-0.4, -0.2) is 24.7 Å². The number of ether oxygens (including phenoxy) is 1. The minimum Gasteiger partial charge on any atom is -0.462 e. The highest BCUT2D eigenvalue weighted by Crippen LogP contribution is 2.08. The summed E-state index contributed by atoms with van der Waals surface area (Å²) in [5.74, 6) is -0.165. The Kier molecular flexibility index (Phi) is 3.96. The maximum Gasteiger partial charge on any atom is 0.320 e. The van der Waals surface area contributed by atoms with E-state index >= 15 is 0 Å². The fourth-order valence-electron chi connectivity index (χ4n) is 1.32. The molecule has 0 atom stereocenters. The van der Waals surface area contributed by atoms with E-state index in [9.17, 15) is 4.79 Å². The Morgan fingerprint density at radius 2 is 2.15 bits per heavy atom. The Balaban J connectivity index is 2.08. The molecule has 0 saturated heterocycles. The second-order valence-corrected chi connectivity index (χ2v) is 3.56. The van der Waals surface area contributed by atoms with Crippen molar-refractivity contribution in [2.45, 2.75) is 38.8 Å². The van der Waals surface area contributed by atoms with Crippen molar-refractivity contribution in [3.63, 3.8) is 0 Å². The standard InChI is InChI=1S/C10H17NO2/c1-8(2)13-10(12)7-11-9-5-3-4-6-9/h3-4,8-9,11H,5-7H2,1-2H3. The summed E-state index contributed by atoms with van der Waals surface area (Å²) in [5, 5.41) is 3.15. The van der Waals surface area contributed by atoms with E-state index < -0.39 is 0 Å². The van der Waals surface area contributed by atoms with E-state index in [0.29, 0.717) is 12.6 Å². The SMILES string of the molecule is CC(C)OC(=O)CNC1CC=CC1. The smallest absolute Gasteiger partial charge is 0.320 e. The summed E-state index contributed by atoms with van der Waals surface area (Å²) < 4.78 is 4.99. The summed E-state index contributed by atoms with van der Waals surface area (Å²) >= 11 is 0. The van der Waals surface area contributed by atoms with Crippen LogP contribution in [0.1, 0.15) is 26.7 Å². The molecule has 13 heavy (non-hydrogen) atoms. The largest absolute Gasteiger partial charge is 0.462 e. The van der Waals surface area contributed by atoms with Crippen LogP contribution >= 0.6 is 0 Å². The molecule has 1 aliphatic carbocycles. The Hall–Kier alpha value is -0.830. The first-order chi connectivity index (χ1) is 6.18. The van der Waals surface area contributed by atoms with Gasteiger partial charge in [0.05, 0.1) is 12.6 Å². The first kappa shape index (κ1) is 10.3. The van der Waals surface area contributed by atoms with Gasteiger partial charge >= 0.3 is 5.97 Å². The van der Waals surface area contributed by atoms with Crippen molar-refractivity contribution >= 4 is 5.97 Å². The molecular formula is C10H17NO2. The molecule has 74 valence electrons. The molecule has 0 radical (unpaired) electrons. The zero-order valence-corrected chi connectivity index (χ0v) is 8.25. The third-order valence-corrected chi connectivity index (χ3v) is 1.91. The van der Waals surface area contributed by atoms with Crippen molar-refractivity contribution in [3.05, 3.63) is 12.2 Å². The minimum absolute atomic E-state index is 0.0176. The van der Waals surface area contributed by atoms with Gasteiger partial charge in [-0.05, 0) is 26.7 Å². The zero-order valence-electron chi connectivity index (χ0n) is 8.25. The third kappa shape index (κ3) is 4.08. The number of rotatable bonds is 4. The molecule has 0 bridgehead atoms. The van der Waals surface area contributed by atoms with E-state index in [1.165, 1.54) is 0 Å². The molecule has 0 saturated carbocycles. The molecule has 0 aromatic rings. The lowest BCUT2D eigenvalue weighted by Crippen LogP contribution is -2.33. The topological polar surface area (TPSA) is 38.3 Å². The van der Waals surface area contributed by atoms with E-state index in [2.05, 4.69) is 17.5 Å². The Morgan fingerprint density at radius 3 is 2.69 bits per heavy atom. The van der Waals surface area contributed by atoms with Crippen LogP contribution in [0, 0.1) is 0 Å². The van der Waals surface area contributed by atoms with Crippen LogP contribution in [0.25, 0.3) is 0 Å². The number of carbonyl (C=O) groups excluding carboxylic acids is 1. The Morgan fingerprint density at radius 1 is 1.54 bits per heavy atom. The highest BCUT2D eigenvalue weighted by Gasteiger charge is 2.12. The van der Waals surface area contributed by atoms with Crippen molar-refractivity contribution in [3.8, 4) is 0 Å². The lowest BCUT2D eigenvalue weighted by atomic mass is 10.2. The number of carbonyl (C=O) groups is 1. The predicted octanol–water partition coefficient (Wildman–Crippen LogP) is 1.25. The molecule has 0 heterocycles. The second-order valence-electron chi connectivity index (χ2n) is 3.56. The van der Waals surface area contributed by atoms with Crippen molar-refractivity contribution < 1.29 is 9.53 Å². The molecule has 0 fully saturated rings. The first-order valence-corrected chi connectivity index (χ1v) is 4.76. The van der Waals surface area contributed by atoms with Crippen molar-refractivity contribution in [1.82, 2.24) is 5.32 Å². The van der Waals surface area contributed by atoms with E-state index in [4.69, 9.17) is 4.74 Å². The van der Waals surface area contributed by atoms with Crippen LogP contribution in [-0.2, 0) is 9.53 Å². The van der Waals surface area contributed by atoms with Gasteiger partial charge < -0.3 is 10.1 Å². The van der Waals surface area contributed by atoms with Gasteiger partial charge in [-0.15, -0.1) is 0 Å². The molecule has 0 aromatic heterocycles. The fourth-order valence-corrected chi connectivity index (χ4v) is 1.32. The summed E-state index contributed by atoms with van der Waals surface area (Å²) in [5.41, 5.74) is 0. The first-order valence-electron chi connectivity index (χ1n) is 4.76. The molecule has 1 rings (SSSR count). The van der Waals surface area contributed by atoms with Crippen molar-refractivity contribution in [2.24, 2.45) is 0 Å². The normalized spacial score (nSPS) is 16.8. The van der Waals surface area contributed by atoms with E-state index in [0.717, 1.165) is 12.8 Å². The Bertz CT molecular complexity index is 191. The van der Waals surface area contributed by atoms with Crippen molar-refractivity contribution in [2.75, 3.05) is 6.54 Å². The zero-order chi connectivity index (χ0) is 9.68. The van der Waals surface area contributed by atoms with Gasteiger partial charge in [0.15, 0.2) is 0 Å². The summed E-state index contributed by atoms with van der Waals surface area (Å²) in [7, 11) is 0. The van der Waals surface area contributed by atoms with Gasteiger partial charge in [0.2, 0.25) is 0 Å². The molecule has 0 aromatic carbocycles. The quantitative estimate of drug-likeness (QED) is 0.526. The van der Waals surface area contributed by atoms with Crippen LogP contribution in [0.2, 0.25) is 0 Å². The number of esters is 1. The maximum atomic E-state index is 11.1. The van der Waals surface area contributed by atoms with E-state index in [1.807, 2.05) is 13.8 Å². The summed E-state index contributed by atoms with van der Waals surface area (Å²) in [4.78, 5) is 11.1. The molecule has 0 spiro atoms. The van der Waals surface area contributed by atoms with Gasteiger partial charge in [0, 0.05) is 6.04 Å². The van der Waals surface area contributed by atoms with Crippen molar-refractivity contribution in [1.29, 1.82) is 0 Å². The van der Waals surface area contributed by atoms with Gasteiger partial charge in [-0.2, -0.15) is 0 Å². The van der Waals surface area contributed by atoms with Gasteiger partial charge in [-0.1, -0.05) is 12.2 Å². The number of hydrogen-bond acceptors (Lipinski definition) is 3. The number of nitrogens with one attached hydrogen (secondary N) is 1. The summed E-state index contributed by atoms with van der Waals surface area (Å²) in [6.45, 7) is 4.04. The van der Waals surface area contributed by atoms with E-state index in [1.54, 1.807) is 0 Å². The summed E-state index contributed by atoms with van der Waals surface area (Å²) in [6, 6.07) is 0.430. The van der Waals surface area contributed by atoms with Crippen LogP contribution in [0.3, 0.4) is 0 Å². The minimum atomic E-state index is -0.165. The highest BCUT2D eigenvalue weighted by molar-refractivity contribution is 5.71. The molecular weight excluding hydrogens is 166 g/mol. The van der Waals surface area contributed by atoms with Gasteiger partial charge in [0.1, 0.15) is 0 Å². The highest BCUT2D eigenvalue weighted by atomic mass is 16.5. The average molecular weight is 183 g/mol. The van der Waals surface area contributed by atoms with Crippen LogP contribution in [0.5, 0.6) is 0 Å². The van der Waals surface area contributed by atoms with Crippen LogP contribution in [0.4, 0.5) is 0 Å². The third-order valence-electron chi connectivity index (χ3n) is 1.91. The average Bonchev–Trinajstić information content (AvgIpc) is 2.51. The predicted molar refractivity (Wildman–Crippen MR) is 51.4 cm³/mol. The Labute approximate surface area is 79.2 Å². The maximum absolute atomic E-state index is 11.1. The second kappa shape index (κ2) is 5.02. The number of hydrogen-bond donors (Lipinski definition) is 1. The van der Waals surface area contributed by atoms with E-state index in [-0.39, 0.29) is 12.1 Å². The molecule has 1 N–H and O–H groups in total. The van der Waals surface area contributed by atoms with Gasteiger partial charge in [-0.3, -0.25) is 4.79 Å². The summed E-state index contributed by atoms with van der Waals surface area (Å²) in [6.07, 6.45) is 6.29.